The maximum absolute atomic E-state index is 11.6. The minimum atomic E-state index is -1.80. The quantitative estimate of drug-likeness (QED) is 0.172. The molecule has 0 radical (unpaired) electrons. The van der Waals surface area contributed by atoms with Crippen molar-refractivity contribution in [2.45, 2.75) is 81.3 Å². The fourth-order valence-corrected chi connectivity index (χ4v) is 3.41. The highest BCUT2D eigenvalue weighted by atomic mass is 16.7. The highest BCUT2D eigenvalue weighted by Gasteiger charge is 2.52. The van der Waals surface area contributed by atoms with Crippen molar-refractivity contribution in [2.75, 3.05) is 13.2 Å². The zero-order valence-corrected chi connectivity index (χ0v) is 16.8. The zero-order valence-electron chi connectivity index (χ0n) is 16.8. The van der Waals surface area contributed by atoms with Crippen LogP contribution in [0.15, 0.2) is 0 Å². The van der Waals surface area contributed by atoms with E-state index in [2.05, 4.69) is 5.32 Å². The molecule has 0 aromatic carbocycles. The zero-order chi connectivity index (χ0) is 23.5. The number of carbonyl (C=O) groups is 2. The van der Waals surface area contributed by atoms with Crippen LogP contribution < -0.4 is 5.32 Å². The third-order valence-corrected chi connectivity index (χ3v) is 5.06. The number of nitrogens with one attached hydrogen (secondary N) is 1. The SMILES string of the molecule is CC(=O)N[C@@H]1[C@@H](OC(C)C(=O)O)[C@H](O[C@@H]2O[C@H](CO)[C@@H](O)[C@H](O)[C@H]2O)[C@@H](CO)O[C@@H]1O. The predicted molar refractivity (Wildman–Crippen MR) is 96.2 cm³/mol. The Morgan fingerprint density at radius 1 is 0.968 bits per heavy atom. The van der Waals surface area contributed by atoms with Crippen molar-refractivity contribution in [3.63, 3.8) is 0 Å². The van der Waals surface area contributed by atoms with Crippen molar-refractivity contribution in [1.82, 2.24) is 5.32 Å². The van der Waals surface area contributed by atoms with E-state index in [0.29, 0.717) is 0 Å². The normalized spacial score (nSPS) is 42.1. The Morgan fingerprint density at radius 2 is 1.58 bits per heavy atom. The number of hydrogen-bond donors (Lipinski definition) is 8. The lowest BCUT2D eigenvalue weighted by Crippen LogP contribution is -2.68. The van der Waals surface area contributed by atoms with Crippen LogP contribution in [0.4, 0.5) is 0 Å². The molecule has 2 fully saturated rings. The summed E-state index contributed by atoms with van der Waals surface area (Å²) in [7, 11) is 0. The van der Waals surface area contributed by atoms with Crippen molar-refractivity contribution < 1.29 is 64.3 Å². The van der Waals surface area contributed by atoms with E-state index in [-0.39, 0.29) is 0 Å². The molecular formula is C17H29NO13. The van der Waals surface area contributed by atoms with Crippen LogP contribution >= 0.6 is 0 Å². The van der Waals surface area contributed by atoms with Crippen LogP contribution in [0.25, 0.3) is 0 Å². The molecule has 180 valence electrons. The molecule has 8 N–H and O–H groups in total. The molecule has 14 nitrogen and oxygen atoms in total. The molecule has 2 heterocycles. The third-order valence-electron chi connectivity index (χ3n) is 5.06. The van der Waals surface area contributed by atoms with Crippen LogP contribution in [0.3, 0.4) is 0 Å². The average Bonchev–Trinajstić information content (AvgIpc) is 2.71. The van der Waals surface area contributed by atoms with Crippen LogP contribution in [0.2, 0.25) is 0 Å². The summed E-state index contributed by atoms with van der Waals surface area (Å²) in [5.41, 5.74) is 0. The molecule has 0 saturated carbocycles. The highest BCUT2D eigenvalue weighted by molar-refractivity contribution is 5.73. The van der Waals surface area contributed by atoms with Crippen LogP contribution in [-0.4, -0.2) is 128 Å². The Balaban J connectivity index is 2.35. The molecule has 11 atom stereocenters. The molecule has 0 spiro atoms. The summed E-state index contributed by atoms with van der Waals surface area (Å²) in [6.07, 6.45) is -15.5. The first kappa shape index (κ1) is 25.8. The van der Waals surface area contributed by atoms with E-state index in [9.17, 15) is 45.3 Å². The summed E-state index contributed by atoms with van der Waals surface area (Å²) in [5, 5.41) is 70.9. The van der Waals surface area contributed by atoms with Gasteiger partial charge < -0.3 is 60.0 Å². The van der Waals surface area contributed by atoms with Gasteiger partial charge in [-0.05, 0) is 6.92 Å². The molecule has 2 saturated heterocycles. The number of hydrogen-bond acceptors (Lipinski definition) is 12. The van der Waals surface area contributed by atoms with Crippen molar-refractivity contribution in [2.24, 2.45) is 0 Å². The molecule has 0 bridgehead atoms. The van der Waals surface area contributed by atoms with E-state index >= 15 is 0 Å². The lowest BCUT2D eigenvalue weighted by Gasteiger charge is -2.47. The van der Waals surface area contributed by atoms with Gasteiger partial charge in [-0.25, -0.2) is 4.79 Å². The molecular weight excluding hydrogens is 426 g/mol. The standard InChI is InChI=1S/C17H29NO13/c1-5(15(25)26)28-14-9(18-6(2)21)16(27)29-8(4-20)13(14)31-17-12(24)11(23)10(22)7(3-19)30-17/h5,7-14,16-17,19-20,22-24,27H,3-4H2,1-2H3,(H,18,21)(H,25,26)/t5?,7-,8-,9-,10-,11+,12-,13-,14-,16+,17+/m1/s1. The molecule has 1 unspecified atom stereocenters. The third kappa shape index (κ3) is 5.87. The molecule has 0 aliphatic carbocycles. The Hall–Kier alpha value is -1.46. The number of aliphatic hydroxyl groups excluding tert-OH is 6. The maximum atomic E-state index is 11.6. The molecule has 31 heavy (non-hydrogen) atoms. The molecule has 1 amide bonds. The van der Waals surface area contributed by atoms with Crippen molar-refractivity contribution in [3.05, 3.63) is 0 Å². The van der Waals surface area contributed by atoms with Crippen LogP contribution in [-0.2, 0) is 28.5 Å². The van der Waals surface area contributed by atoms with Gasteiger partial charge in [-0.2, -0.15) is 0 Å². The largest absolute Gasteiger partial charge is 0.479 e. The topological polar surface area (TPSA) is 225 Å². The number of carbonyl (C=O) groups excluding carboxylic acids is 1. The maximum Gasteiger partial charge on any atom is 0.332 e. The monoisotopic (exact) mass is 455 g/mol. The van der Waals surface area contributed by atoms with Gasteiger partial charge in [-0.3, -0.25) is 4.79 Å². The minimum Gasteiger partial charge on any atom is -0.479 e. The van der Waals surface area contributed by atoms with Gasteiger partial charge in [0.25, 0.3) is 0 Å². The Labute approximate surface area is 176 Å². The first-order valence-corrected chi connectivity index (χ1v) is 9.57. The summed E-state index contributed by atoms with van der Waals surface area (Å²) in [5.74, 6) is -1.98. The Kier molecular flexibility index (Phi) is 9.08. The lowest BCUT2D eigenvalue weighted by atomic mass is 9.95. The van der Waals surface area contributed by atoms with E-state index in [1.165, 1.54) is 6.92 Å². The molecule has 0 aromatic rings. The van der Waals surface area contributed by atoms with E-state index in [4.69, 9.17) is 18.9 Å². The predicted octanol–water partition coefficient (Wildman–Crippen LogP) is -4.76. The van der Waals surface area contributed by atoms with Gasteiger partial charge in [0, 0.05) is 6.92 Å². The van der Waals surface area contributed by atoms with Gasteiger partial charge in [0.15, 0.2) is 18.7 Å². The molecule has 2 rings (SSSR count). The average molecular weight is 455 g/mol. The van der Waals surface area contributed by atoms with Gasteiger partial charge in [0.1, 0.15) is 48.8 Å². The van der Waals surface area contributed by atoms with Gasteiger partial charge in [-0.1, -0.05) is 0 Å². The second kappa shape index (κ2) is 10.9. The molecule has 2 aliphatic heterocycles. The fourth-order valence-electron chi connectivity index (χ4n) is 3.41. The summed E-state index contributed by atoms with van der Waals surface area (Å²) >= 11 is 0. The number of amides is 1. The second-order valence-corrected chi connectivity index (χ2v) is 7.35. The van der Waals surface area contributed by atoms with Gasteiger partial charge in [0.2, 0.25) is 5.91 Å². The number of rotatable bonds is 8. The number of ether oxygens (including phenoxy) is 4. The first-order chi connectivity index (χ1) is 14.5. The molecule has 0 aromatic heterocycles. The number of carboxylic acid groups (broad SMARTS) is 1. The second-order valence-electron chi connectivity index (χ2n) is 7.35. The Morgan fingerprint density at radius 3 is 2.10 bits per heavy atom. The highest BCUT2D eigenvalue weighted by Crippen LogP contribution is 2.30. The van der Waals surface area contributed by atoms with E-state index in [1.807, 2.05) is 0 Å². The van der Waals surface area contributed by atoms with Crippen molar-refractivity contribution in [3.8, 4) is 0 Å². The van der Waals surface area contributed by atoms with Crippen LogP contribution in [0, 0.1) is 0 Å². The minimum absolute atomic E-state index is 0.613. The van der Waals surface area contributed by atoms with E-state index < -0.39 is 92.5 Å². The summed E-state index contributed by atoms with van der Waals surface area (Å²) in [6, 6.07) is -1.34. The summed E-state index contributed by atoms with van der Waals surface area (Å²) in [4.78, 5) is 22.9. The molecule has 2 aliphatic rings. The Bertz CT molecular complexity index is 619. The number of carboxylic acids is 1. The summed E-state index contributed by atoms with van der Waals surface area (Å²) in [6.45, 7) is 0.857. The van der Waals surface area contributed by atoms with Crippen molar-refractivity contribution >= 4 is 11.9 Å². The fraction of sp³-hybridized carbons (Fsp3) is 0.882. The first-order valence-electron chi connectivity index (χ1n) is 9.57. The van der Waals surface area contributed by atoms with Crippen molar-refractivity contribution in [1.29, 1.82) is 0 Å². The number of aliphatic hydroxyl groups is 6. The van der Waals surface area contributed by atoms with Gasteiger partial charge >= 0.3 is 5.97 Å². The van der Waals surface area contributed by atoms with Gasteiger partial charge in [-0.15, -0.1) is 0 Å². The smallest absolute Gasteiger partial charge is 0.332 e. The molecule has 14 heteroatoms. The van der Waals surface area contributed by atoms with E-state index in [0.717, 1.165) is 6.92 Å². The van der Waals surface area contributed by atoms with E-state index in [1.54, 1.807) is 0 Å². The van der Waals surface area contributed by atoms with Crippen LogP contribution in [0.5, 0.6) is 0 Å². The van der Waals surface area contributed by atoms with Gasteiger partial charge in [0.05, 0.1) is 13.2 Å². The lowest BCUT2D eigenvalue weighted by molar-refractivity contribution is -0.349. The summed E-state index contributed by atoms with van der Waals surface area (Å²) < 4.78 is 21.6. The number of aliphatic carboxylic acids is 1. The van der Waals surface area contributed by atoms with Crippen LogP contribution in [0.1, 0.15) is 13.8 Å².